The van der Waals surface area contributed by atoms with Gasteiger partial charge in [-0.15, -0.1) is 11.3 Å². The molecule has 1 heterocycles. The zero-order valence-corrected chi connectivity index (χ0v) is 13.4. The Balaban J connectivity index is 2.48. The highest BCUT2D eigenvalue weighted by Gasteiger charge is 2.17. The minimum absolute atomic E-state index is 0.291. The van der Waals surface area contributed by atoms with Crippen molar-refractivity contribution in [2.24, 2.45) is 0 Å². The van der Waals surface area contributed by atoms with Crippen molar-refractivity contribution < 1.29 is 0 Å². The highest BCUT2D eigenvalue weighted by atomic mass is 79.9. The van der Waals surface area contributed by atoms with Crippen molar-refractivity contribution in [3.63, 3.8) is 0 Å². The smallest absolute Gasteiger partial charge is 0.0590 e. The molecule has 0 aliphatic rings. The number of nitrogens with one attached hydrogen (secondary N) is 1. The first-order valence-electron chi connectivity index (χ1n) is 6.17. The Bertz CT molecular complexity index is 533. The molecule has 1 unspecified atom stereocenters. The van der Waals surface area contributed by atoms with E-state index in [4.69, 9.17) is 0 Å². The van der Waals surface area contributed by atoms with Gasteiger partial charge in [0.1, 0.15) is 0 Å². The van der Waals surface area contributed by atoms with Crippen LogP contribution in [0.5, 0.6) is 0 Å². The maximum atomic E-state index is 3.60. The molecule has 0 saturated carbocycles. The summed E-state index contributed by atoms with van der Waals surface area (Å²) in [5.41, 5.74) is 4.07. The van der Waals surface area contributed by atoms with Gasteiger partial charge in [-0.25, -0.2) is 0 Å². The van der Waals surface area contributed by atoms with E-state index in [-0.39, 0.29) is 0 Å². The lowest BCUT2D eigenvalue weighted by Crippen LogP contribution is -2.23. The van der Waals surface area contributed by atoms with Gasteiger partial charge in [-0.3, -0.25) is 0 Å². The molecular weight excluding hydrogens is 306 g/mol. The first kappa shape index (κ1) is 13.8. The first-order chi connectivity index (χ1) is 8.63. The molecule has 0 amide bonds. The standard InChI is InChI=1S/C15H18BrNS/c1-4-17-15(13-7-8-18-11(13)3)14-9-12(16)6-5-10(14)2/h5-9,15,17H,4H2,1-3H3. The second kappa shape index (κ2) is 6.00. The maximum Gasteiger partial charge on any atom is 0.0590 e. The molecule has 1 atom stereocenters. The summed E-state index contributed by atoms with van der Waals surface area (Å²) in [7, 11) is 0. The predicted molar refractivity (Wildman–Crippen MR) is 83.5 cm³/mol. The number of halogens is 1. The lowest BCUT2D eigenvalue weighted by Gasteiger charge is -2.21. The molecule has 0 saturated heterocycles. The molecule has 2 aromatic rings. The lowest BCUT2D eigenvalue weighted by molar-refractivity contribution is 0.627. The third kappa shape index (κ3) is 2.85. The van der Waals surface area contributed by atoms with Crippen LogP contribution in [-0.4, -0.2) is 6.54 Å². The molecular formula is C15H18BrNS. The van der Waals surface area contributed by atoms with Crippen molar-refractivity contribution in [1.29, 1.82) is 0 Å². The van der Waals surface area contributed by atoms with Crippen LogP contribution in [0.4, 0.5) is 0 Å². The summed E-state index contributed by atoms with van der Waals surface area (Å²) >= 11 is 5.38. The fraction of sp³-hybridized carbons (Fsp3) is 0.333. The van der Waals surface area contributed by atoms with Crippen molar-refractivity contribution in [1.82, 2.24) is 5.32 Å². The van der Waals surface area contributed by atoms with Crippen LogP contribution < -0.4 is 5.32 Å². The molecule has 0 fully saturated rings. The first-order valence-corrected chi connectivity index (χ1v) is 7.84. The van der Waals surface area contributed by atoms with E-state index in [2.05, 4.69) is 71.7 Å². The molecule has 3 heteroatoms. The van der Waals surface area contributed by atoms with E-state index in [1.54, 1.807) is 0 Å². The van der Waals surface area contributed by atoms with Crippen molar-refractivity contribution >= 4 is 27.3 Å². The molecule has 0 spiro atoms. The normalized spacial score (nSPS) is 12.7. The van der Waals surface area contributed by atoms with E-state index in [0.29, 0.717) is 6.04 Å². The number of rotatable bonds is 4. The van der Waals surface area contributed by atoms with Crippen molar-refractivity contribution in [2.45, 2.75) is 26.8 Å². The summed E-state index contributed by atoms with van der Waals surface area (Å²) in [5, 5.41) is 5.76. The second-order valence-electron chi connectivity index (χ2n) is 4.42. The quantitative estimate of drug-likeness (QED) is 0.850. The molecule has 1 N–H and O–H groups in total. The molecule has 0 radical (unpaired) electrons. The maximum absolute atomic E-state index is 3.60. The van der Waals surface area contributed by atoms with E-state index < -0.39 is 0 Å². The molecule has 96 valence electrons. The van der Waals surface area contributed by atoms with Gasteiger partial charge in [-0.2, -0.15) is 0 Å². The molecule has 18 heavy (non-hydrogen) atoms. The van der Waals surface area contributed by atoms with Crippen molar-refractivity contribution in [3.8, 4) is 0 Å². The number of aryl methyl sites for hydroxylation is 2. The third-order valence-corrected chi connectivity index (χ3v) is 4.53. The largest absolute Gasteiger partial charge is 0.306 e. The van der Waals surface area contributed by atoms with Gasteiger partial charge in [0.05, 0.1) is 6.04 Å². The predicted octanol–water partition coefficient (Wildman–Crippen LogP) is 4.83. The zero-order chi connectivity index (χ0) is 13.1. The monoisotopic (exact) mass is 323 g/mol. The molecule has 1 aromatic carbocycles. The van der Waals surface area contributed by atoms with Gasteiger partial charge in [0.25, 0.3) is 0 Å². The summed E-state index contributed by atoms with van der Waals surface area (Å²) in [6.07, 6.45) is 0. The van der Waals surface area contributed by atoms with E-state index >= 15 is 0 Å². The SMILES string of the molecule is CCNC(c1cc(Br)ccc1C)c1ccsc1C. The van der Waals surface area contributed by atoms with E-state index in [1.165, 1.54) is 21.6 Å². The number of hydrogen-bond acceptors (Lipinski definition) is 2. The summed E-state index contributed by atoms with van der Waals surface area (Å²) in [4.78, 5) is 1.39. The number of hydrogen-bond donors (Lipinski definition) is 1. The molecule has 0 bridgehead atoms. The fourth-order valence-corrected chi connectivity index (χ4v) is 3.33. The minimum Gasteiger partial charge on any atom is -0.306 e. The highest BCUT2D eigenvalue weighted by Crippen LogP contribution is 2.31. The van der Waals surface area contributed by atoms with Crippen LogP contribution in [0, 0.1) is 13.8 Å². The molecule has 1 nitrogen and oxygen atoms in total. The van der Waals surface area contributed by atoms with Crippen LogP contribution in [0.1, 0.15) is 34.5 Å². The van der Waals surface area contributed by atoms with Crippen LogP contribution in [-0.2, 0) is 0 Å². The average Bonchev–Trinajstić information content (AvgIpc) is 2.76. The lowest BCUT2D eigenvalue weighted by atomic mass is 9.95. The van der Waals surface area contributed by atoms with Gasteiger partial charge in [-0.05, 0) is 60.7 Å². The fourth-order valence-electron chi connectivity index (χ4n) is 2.21. The van der Waals surface area contributed by atoms with Gasteiger partial charge in [0.15, 0.2) is 0 Å². The Morgan fingerprint density at radius 3 is 2.61 bits per heavy atom. The number of thiophene rings is 1. The zero-order valence-electron chi connectivity index (χ0n) is 11.0. The molecule has 1 aromatic heterocycles. The van der Waals surface area contributed by atoms with E-state index in [9.17, 15) is 0 Å². The Morgan fingerprint density at radius 1 is 1.22 bits per heavy atom. The van der Waals surface area contributed by atoms with E-state index in [0.717, 1.165) is 11.0 Å². The van der Waals surface area contributed by atoms with Crippen LogP contribution in [0.2, 0.25) is 0 Å². The van der Waals surface area contributed by atoms with Gasteiger partial charge in [-0.1, -0.05) is 28.9 Å². The Hall–Kier alpha value is -0.640. The Kier molecular flexibility index (Phi) is 4.60. The van der Waals surface area contributed by atoms with Gasteiger partial charge >= 0.3 is 0 Å². The summed E-state index contributed by atoms with van der Waals surface area (Å²) in [6, 6.07) is 9.01. The van der Waals surface area contributed by atoms with Crippen molar-refractivity contribution in [3.05, 3.63) is 55.7 Å². The summed E-state index contributed by atoms with van der Waals surface area (Å²) in [5.74, 6) is 0. The van der Waals surface area contributed by atoms with Gasteiger partial charge in [0.2, 0.25) is 0 Å². The molecule has 0 aliphatic heterocycles. The average molecular weight is 324 g/mol. The third-order valence-electron chi connectivity index (χ3n) is 3.17. The van der Waals surface area contributed by atoms with Crippen molar-refractivity contribution in [2.75, 3.05) is 6.54 Å². The van der Waals surface area contributed by atoms with Gasteiger partial charge in [0, 0.05) is 9.35 Å². The van der Waals surface area contributed by atoms with Crippen LogP contribution in [0.25, 0.3) is 0 Å². The highest BCUT2D eigenvalue weighted by molar-refractivity contribution is 9.10. The Labute approximate surface area is 121 Å². The summed E-state index contributed by atoms with van der Waals surface area (Å²) < 4.78 is 1.14. The second-order valence-corrected chi connectivity index (χ2v) is 6.46. The topological polar surface area (TPSA) is 12.0 Å². The molecule has 2 rings (SSSR count). The van der Waals surface area contributed by atoms with Crippen LogP contribution in [0.15, 0.2) is 34.1 Å². The number of benzene rings is 1. The van der Waals surface area contributed by atoms with E-state index in [1.807, 2.05) is 11.3 Å². The van der Waals surface area contributed by atoms with Crippen LogP contribution >= 0.6 is 27.3 Å². The molecule has 0 aliphatic carbocycles. The van der Waals surface area contributed by atoms with Crippen LogP contribution in [0.3, 0.4) is 0 Å². The minimum atomic E-state index is 0.291. The Morgan fingerprint density at radius 2 is 2.00 bits per heavy atom. The van der Waals surface area contributed by atoms with Gasteiger partial charge < -0.3 is 5.32 Å². The summed E-state index contributed by atoms with van der Waals surface area (Å²) in [6.45, 7) is 7.49.